The minimum atomic E-state index is 0.312. The first kappa shape index (κ1) is 10.4. The van der Waals surface area contributed by atoms with Gasteiger partial charge in [-0.25, -0.2) is 0 Å². The Morgan fingerprint density at radius 3 is 2.23 bits per heavy atom. The predicted molar refractivity (Wildman–Crippen MR) is 56.0 cm³/mol. The summed E-state index contributed by atoms with van der Waals surface area (Å²) in [4.78, 5) is 0. The van der Waals surface area contributed by atoms with E-state index in [4.69, 9.17) is 4.42 Å². The Kier molecular flexibility index (Phi) is 2.84. The highest BCUT2D eigenvalue weighted by Crippen LogP contribution is 2.24. The van der Waals surface area contributed by atoms with Gasteiger partial charge in [-0.3, -0.25) is 0 Å². The van der Waals surface area contributed by atoms with E-state index < -0.39 is 0 Å². The summed E-state index contributed by atoms with van der Waals surface area (Å²) < 4.78 is 5.72. The topological polar surface area (TPSA) is 13.1 Å². The molecule has 0 N–H and O–H groups in total. The minimum Gasteiger partial charge on any atom is -0.466 e. The quantitative estimate of drug-likeness (QED) is 0.670. The van der Waals surface area contributed by atoms with Gasteiger partial charge in [-0.05, 0) is 17.5 Å². The molecule has 0 aliphatic rings. The van der Waals surface area contributed by atoms with Crippen LogP contribution < -0.4 is 0 Å². The molecule has 0 aromatic carbocycles. The summed E-state index contributed by atoms with van der Waals surface area (Å²) >= 11 is 0. The molecule has 1 aromatic rings. The number of hydrogen-bond donors (Lipinski definition) is 0. The van der Waals surface area contributed by atoms with Gasteiger partial charge in [0.25, 0.3) is 0 Å². The normalized spacial score (nSPS) is 12.5. The van der Waals surface area contributed by atoms with Crippen molar-refractivity contribution in [1.29, 1.82) is 0 Å². The van der Waals surface area contributed by atoms with Gasteiger partial charge in [0.1, 0.15) is 11.5 Å². The van der Waals surface area contributed by atoms with Crippen molar-refractivity contribution in [1.82, 2.24) is 0 Å². The van der Waals surface area contributed by atoms with Crippen LogP contribution in [-0.4, -0.2) is 0 Å². The fraction of sp³-hybridized carbons (Fsp3) is 0.667. The molecule has 0 bridgehead atoms. The molecule has 0 atom stereocenters. The van der Waals surface area contributed by atoms with Crippen molar-refractivity contribution in [2.45, 2.75) is 47.0 Å². The second kappa shape index (κ2) is 3.57. The Bertz CT molecular complexity index is 263. The average Bonchev–Trinajstić information content (AvgIpc) is 2.31. The smallest absolute Gasteiger partial charge is 0.106 e. The molecule has 1 rings (SSSR count). The molecule has 0 unspecified atom stereocenters. The van der Waals surface area contributed by atoms with E-state index in [1.165, 1.54) is 0 Å². The Hall–Kier alpha value is -0.720. The van der Waals surface area contributed by atoms with Gasteiger partial charge >= 0.3 is 0 Å². The molecule has 1 nitrogen and oxygen atoms in total. The third-order valence-corrected chi connectivity index (χ3v) is 1.96. The van der Waals surface area contributed by atoms with Crippen LogP contribution >= 0.6 is 0 Å². The molecule has 0 aliphatic heterocycles. The van der Waals surface area contributed by atoms with E-state index in [1.807, 2.05) is 0 Å². The summed E-state index contributed by atoms with van der Waals surface area (Å²) in [6.07, 6.45) is 1.01. The number of hydrogen-bond acceptors (Lipinski definition) is 1. The van der Waals surface area contributed by atoms with Crippen LogP contribution in [0.2, 0.25) is 0 Å². The van der Waals surface area contributed by atoms with E-state index >= 15 is 0 Å². The lowest BCUT2D eigenvalue weighted by atomic mass is 9.91. The van der Waals surface area contributed by atoms with Crippen LogP contribution in [-0.2, 0) is 6.42 Å². The summed E-state index contributed by atoms with van der Waals surface area (Å²) in [7, 11) is 0. The van der Waals surface area contributed by atoms with Crippen LogP contribution in [0.15, 0.2) is 16.5 Å². The first-order valence-corrected chi connectivity index (χ1v) is 4.97. The molecule has 0 amide bonds. The Balaban J connectivity index is 2.70. The van der Waals surface area contributed by atoms with Gasteiger partial charge in [-0.1, -0.05) is 34.6 Å². The van der Waals surface area contributed by atoms with E-state index in [-0.39, 0.29) is 0 Å². The fourth-order valence-electron chi connectivity index (χ4n) is 1.32. The summed E-state index contributed by atoms with van der Waals surface area (Å²) in [6, 6.07) is 4.19. The van der Waals surface area contributed by atoms with Crippen LogP contribution in [0.1, 0.15) is 52.1 Å². The SMILES string of the molecule is CC(C)c1ccc(CC(C)(C)C)o1. The van der Waals surface area contributed by atoms with Crippen molar-refractivity contribution in [2.24, 2.45) is 5.41 Å². The van der Waals surface area contributed by atoms with Gasteiger partial charge in [-0.15, -0.1) is 0 Å². The molecule has 0 saturated carbocycles. The van der Waals surface area contributed by atoms with E-state index in [9.17, 15) is 0 Å². The highest BCUT2D eigenvalue weighted by atomic mass is 16.3. The highest BCUT2D eigenvalue weighted by molar-refractivity contribution is 5.11. The molecular formula is C12H20O. The second-order valence-electron chi connectivity index (χ2n) is 5.20. The van der Waals surface area contributed by atoms with Gasteiger partial charge in [0.15, 0.2) is 0 Å². The Morgan fingerprint density at radius 1 is 1.23 bits per heavy atom. The second-order valence-corrected chi connectivity index (χ2v) is 5.20. The summed E-state index contributed by atoms with van der Waals surface area (Å²) in [5.74, 6) is 2.70. The monoisotopic (exact) mass is 180 g/mol. The molecule has 0 radical (unpaired) electrons. The first-order chi connectivity index (χ1) is 5.88. The van der Waals surface area contributed by atoms with E-state index in [0.29, 0.717) is 11.3 Å². The molecular weight excluding hydrogens is 160 g/mol. The van der Waals surface area contributed by atoms with Gasteiger partial charge in [0.2, 0.25) is 0 Å². The maximum atomic E-state index is 5.72. The van der Waals surface area contributed by atoms with Crippen LogP contribution in [0.5, 0.6) is 0 Å². The molecule has 74 valence electrons. The lowest BCUT2D eigenvalue weighted by Crippen LogP contribution is -2.08. The average molecular weight is 180 g/mol. The van der Waals surface area contributed by atoms with Crippen molar-refractivity contribution in [3.8, 4) is 0 Å². The van der Waals surface area contributed by atoms with Gasteiger partial charge in [0.05, 0.1) is 0 Å². The van der Waals surface area contributed by atoms with Crippen LogP contribution in [0.3, 0.4) is 0 Å². The zero-order valence-corrected chi connectivity index (χ0v) is 9.35. The third-order valence-electron chi connectivity index (χ3n) is 1.96. The van der Waals surface area contributed by atoms with E-state index in [2.05, 4.69) is 46.8 Å². The van der Waals surface area contributed by atoms with E-state index in [0.717, 1.165) is 17.9 Å². The van der Waals surface area contributed by atoms with E-state index in [1.54, 1.807) is 0 Å². The predicted octanol–water partition coefficient (Wildman–Crippen LogP) is 3.99. The van der Waals surface area contributed by atoms with Gasteiger partial charge in [-0.2, -0.15) is 0 Å². The standard InChI is InChI=1S/C12H20O/c1-9(2)11-7-6-10(13-11)8-12(3,4)5/h6-7,9H,8H2,1-5H3. The fourth-order valence-corrected chi connectivity index (χ4v) is 1.32. The zero-order valence-electron chi connectivity index (χ0n) is 9.35. The van der Waals surface area contributed by atoms with Crippen molar-refractivity contribution < 1.29 is 4.42 Å². The molecule has 1 aromatic heterocycles. The molecule has 0 spiro atoms. The summed E-state index contributed by atoms with van der Waals surface area (Å²) in [5.41, 5.74) is 0.312. The summed E-state index contributed by atoms with van der Waals surface area (Å²) in [6.45, 7) is 11.0. The summed E-state index contributed by atoms with van der Waals surface area (Å²) in [5, 5.41) is 0. The van der Waals surface area contributed by atoms with Gasteiger partial charge < -0.3 is 4.42 Å². The van der Waals surface area contributed by atoms with Crippen LogP contribution in [0, 0.1) is 5.41 Å². The van der Waals surface area contributed by atoms with Crippen molar-refractivity contribution in [3.63, 3.8) is 0 Å². The third kappa shape index (κ3) is 3.25. The molecule has 1 heteroatoms. The molecule has 0 saturated heterocycles. The van der Waals surface area contributed by atoms with Crippen molar-refractivity contribution >= 4 is 0 Å². The maximum absolute atomic E-state index is 5.72. The minimum absolute atomic E-state index is 0.312. The zero-order chi connectivity index (χ0) is 10.1. The Labute approximate surface area is 81.1 Å². The molecule has 1 heterocycles. The number of rotatable bonds is 2. The van der Waals surface area contributed by atoms with Crippen LogP contribution in [0.25, 0.3) is 0 Å². The lowest BCUT2D eigenvalue weighted by molar-refractivity contribution is 0.350. The van der Waals surface area contributed by atoms with Crippen molar-refractivity contribution in [2.75, 3.05) is 0 Å². The Morgan fingerprint density at radius 2 is 1.85 bits per heavy atom. The molecule has 0 fully saturated rings. The number of furan rings is 1. The van der Waals surface area contributed by atoms with Crippen molar-refractivity contribution in [3.05, 3.63) is 23.7 Å². The lowest BCUT2D eigenvalue weighted by Gasteiger charge is -2.15. The maximum Gasteiger partial charge on any atom is 0.106 e. The molecule has 0 aliphatic carbocycles. The largest absolute Gasteiger partial charge is 0.466 e. The molecule has 13 heavy (non-hydrogen) atoms. The van der Waals surface area contributed by atoms with Crippen LogP contribution in [0.4, 0.5) is 0 Å². The highest BCUT2D eigenvalue weighted by Gasteiger charge is 2.14. The first-order valence-electron chi connectivity index (χ1n) is 4.97. The van der Waals surface area contributed by atoms with Gasteiger partial charge in [0, 0.05) is 12.3 Å².